The molecule has 1 saturated heterocycles. The summed E-state index contributed by atoms with van der Waals surface area (Å²) in [4.78, 5) is 25.2. The van der Waals surface area contributed by atoms with Gasteiger partial charge in [-0.15, -0.1) is 0 Å². The second-order valence-electron chi connectivity index (χ2n) is 5.73. The Morgan fingerprint density at radius 1 is 1.26 bits per heavy atom. The SMILES string of the molecule is COC(=O)N1CCC(CNC(=O)Cc2cccc(OC)c2)CC1. The van der Waals surface area contributed by atoms with Crippen LogP contribution in [0.3, 0.4) is 0 Å². The van der Waals surface area contributed by atoms with Gasteiger partial charge in [-0.05, 0) is 36.5 Å². The molecule has 0 bridgehead atoms. The quantitative estimate of drug-likeness (QED) is 0.899. The maximum atomic E-state index is 12.0. The summed E-state index contributed by atoms with van der Waals surface area (Å²) in [6, 6.07) is 7.52. The molecule has 0 radical (unpaired) electrons. The van der Waals surface area contributed by atoms with Crippen LogP contribution >= 0.6 is 0 Å². The maximum Gasteiger partial charge on any atom is 0.409 e. The van der Waals surface area contributed by atoms with Gasteiger partial charge >= 0.3 is 6.09 Å². The van der Waals surface area contributed by atoms with Gasteiger partial charge in [0.25, 0.3) is 0 Å². The van der Waals surface area contributed by atoms with Crippen molar-refractivity contribution >= 4 is 12.0 Å². The summed E-state index contributed by atoms with van der Waals surface area (Å²) in [6.45, 7) is 2.02. The van der Waals surface area contributed by atoms with Crippen molar-refractivity contribution in [2.24, 2.45) is 5.92 Å². The van der Waals surface area contributed by atoms with Gasteiger partial charge in [0.05, 0.1) is 20.6 Å². The number of methoxy groups -OCH3 is 2. The number of carbonyl (C=O) groups is 2. The zero-order valence-electron chi connectivity index (χ0n) is 13.7. The Morgan fingerprint density at radius 3 is 2.65 bits per heavy atom. The van der Waals surface area contributed by atoms with Crippen LogP contribution in [0.15, 0.2) is 24.3 Å². The third-order valence-electron chi connectivity index (χ3n) is 4.13. The summed E-state index contributed by atoms with van der Waals surface area (Å²) in [5.41, 5.74) is 0.933. The minimum atomic E-state index is -0.273. The lowest BCUT2D eigenvalue weighted by molar-refractivity contribution is -0.120. The number of rotatable bonds is 5. The highest BCUT2D eigenvalue weighted by molar-refractivity contribution is 5.78. The van der Waals surface area contributed by atoms with Crippen molar-refractivity contribution in [1.29, 1.82) is 0 Å². The summed E-state index contributed by atoms with van der Waals surface area (Å²) in [7, 11) is 3.01. The molecule has 1 aromatic carbocycles. The van der Waals surface area contributed by atoms with Gasteiger partial charge in [0.1, 0.15) is 5.75 Å². The molecule has 2 rings (SSSR count). The third-order valence-corrected chi connectivity index (χ3v) is 4.13. The van der Waals surface area contributed by atoms with E-state index < -0.39 is 0 Å². The molecule has 0 spiro atoms. The molecule has 1 aliphatic rings. The first kappa shape index (κ1) is 17.1. The van der Waals surface area contributed by atoms with Crippen LogP contribution in [0.2, 0.25) is 0 Å². The van der Waals surface area contributed by atoms with Crippen LogP contribution in [0.25, 0.3) is 0 Å². The number of carbonyl (C=O) groups excluding carboxylic acids is 2. The molecule has 6 heteroatoms. The van der Waals surface area contributed by atoms with Gasteiger partial charge in [-0.3, -0.25) is 4.79 Å². The molecule has 1 fully saturated rings. The molecule has 1 N–H and O–H groups in total. The number of piperidine rings is 1. The van der Waals surface area contributed by atoms with Crippen molar-refractivity contribution in [2.75, 3.05) is 33.9 Å². The Balaban J connectivity index is 1.72. The fourth-order valence-corrected chi connectivity index (χ4v) is 2.74. The molecule has 1 aliphatic heterocycles. The first-order chi connectivity index (χ1) is 11.1. The van der Waals surface area contributed by atoms with Crippen LogP contribution in [-0.4, -0.2) is 50.8 Å². The second-order valence-corrected chi connectivity index (χ2v) is 5.73. The number of nitrogens with zero attached hydrogens (tertiary/aromatic N) is 1. The molecule has 0 aliphatic carbocycles. The lowest BCUT2D eigenvalue weighted by Gasteiger charge is -2.30. The summed E-state index contributed by atoms with van der Waals surface area (Å²) in [5.74, 6) is 1.17. The van der Waals surface area contributed by atoms with E-state index in [1.54, 1.807) is 12.0 Å². The predicted octanol–water partition coefficient (Wildman–Crippen LogP) is 1.83. The van der Waals surface area contributed by atoms with Gasteiger partial charge in [-0.2, -0.15) is 0 Å². The Hall–Kier alpha value is -2.24. The molecule has 6 nitrogen and oxygen atoms in total. The van der Waals surface area contributed by atoms with E-state index in [2.05, 4.69) is 5.32 Å². The molecule has 1 aromatic rings. The first-order valence-corrected chi connectivity index (χ1v) is 7.85. The van der Waals surface area contributed by atoms with Gasteiger partial charge in [0.2, 0.25) is 5.91 Å². The largest absolute Gasteiger partial charge is 0.497 e. The maximum absolute atomic E-state index is 12.0. The van der Waals surface area contributed by atoms with E-state index in [9.17, 15) is 9.59 Å². The minimum absolute atomic E-state index is 0.00801. The average molecular weight is 320 g/mol. The van der Waals surface area contributed by atoms with Crippen molar-refractivity contribution in [2.45, 2.75) is 19.3 Å². The van der Waals surface area contributed by atoms with Crippen LogP contribution in [0.4, 0.5) is 4.79 Å². The van der Waals surface area contributed by atoms with Crippen LogP contribution < -0.4 is 10.1 Å². The van der Waals surface area contributed by atoms with Crippen LogP contribution in [0.5, 0.6) is 5.75 Å². The highest BCUT2D eigenvalue weighted by atomic mass is 16.5. The highest BCUT2D eigenvalue weighted by Gasteiger charge is 2.23. The van der Waals surface area contributed by atoms with Crippen molar-refractivity contribution in [3.8, 4) is 5.75 Å². The normalized spacial score (nSPS) is 15.1. The summed E-state index contributed by atoms with van der Waals surface area (Å²) in [5, 5.41) is 2.98. The zero-order chi connectivity index (χ0) is 16.7. The molecular formula is C17H24N2O4. The number of benzene rings is 1. The number of amides is 2. The van der Waals surface area contributed by atoms with Crippen LogP contribution in [0, 0.1) is 5.92 Å². The number of ether oxygens (including phenoxy) is 2. The molecule has 23 heavy (non-hydrogen) atoms. The topological polar surface area (TPSA) is 67.9 Å². The zero-order valence-corrected chi connectivity index (χ0v) is 13.7. The Labute approximate surface area is 136 Å². The monoisotopic (exact) mass is 320 g/mol. The lowest BCUT2D eigenvalue weighted by atomic mass is 9.97. The molecular weight excluding hydrogens is 296 g/mol. The molecule has 126 valence electrons. The molecule has 2 amide bonds. The summed E-state index contributed by atoms with van der Waals surface area (Å²) >= 11 is 0. The van der Waals surface area contributed by atoms with Gasteiger partial charge in [0, 0.05) is 19.6 Å². The van der Waals surface area contributed by atoms with Crippen molar-refractivity contribution in [3.05, 3.63) is 29.8 Å². The predicted molar refractivity (Wildman–Crippen MR) is 86.4 cm³/mol. The summed E-state index contributed by atoms with van der Waals surface area (Å²) < 4.78 is 9.87. The van der Waals surface area contributed by atoms with Crippen LogP contribution in [0.1, 0.15) is 18.4 Å². The lowest BCUT2D eigenvalue weighted by Crippen LogP contribution is -2.41. The molecule has 0 unspecified atom stereocenters. The fourth-order valence-electron chi connectivity index (χ4n) is 2.74. The molecule has 0 saturated carbocycles. The van der Waals surface area contributed by atoms with E-state index in [0.29, 0.717) is 32.0 Å². The van der Waals surface area contributed by atoms with Gasteiger partial charge in [-0.25, -0.2) is 4.79 Å². The van der Waals surface area contributed by atoms with Gasteiger partial charge < -0.3 is 19.7 Å². The van der Waals surface area contributed by atoms with Gasteiger partial charge in [-0.1, -0.05) is 12.1 Å². The summed E-state index contributed by atoms with van der Waals surface area (Å²) in [6.07, 6.45) is 1.84. The Morgan fingerprint density at radius 2 is 2.00 bits per heavy atom. The van der Waals surface area contributed by atoms with E-state index in [0.717, 1.165) is 24.2 Å². The number of likely N-dealkylation sites (tertiary alicyclic amines) is 1. The van der Waals surface area contributed by atoms with E-state index >= 15 is 0 Å². The Kier molecular flexibility index (Phi) is 6.26. The minimum Gasteiger partial charge on any atom is -0.497 e. The first-order valence-electron chi connectivity index (χ1n) is 7.85. The van der Waals surface area contributed by atoms with Crippen molar-refractivity contribution < 1.29 is 19.1 Å². The molecule has 0 aromatic heterocycles. The smallest absolute Gasteiger partial charge is 0.409 e. The Bertz CT molecular complexity index is 539. The van der Waals surface area contributed by atoms with E-state index in [1.165, 1.54) is 7.11 Å². The van der Waals surface area contributed by atoms with Crippen LogP contribution in [-0.2, 0) is 16.0 Å². The average Bonchev–Trinajstić information content (AvgIpc) is 2.60. The van der Waals surface area contributed by atoms with Gasteiger partial charge in [0.15, 0.2) is 0 Å². The molecule has 0 atom stereocenters. The second kappa shape index (κ2) is 8.41. The fraction of sp³-hybridized carbons (Fsp3) is 0.529. The number of nitrogens with one attached hydrogen (secondary N) is 1. The number of hydrogen-bond acceptors (Lipinski definition) is 4. The van der Waals surface area contributed by atoms with Crippen molar-refractivity contribution in [1.82, 2.24) is 10.2 Å². The standard InChI is InChI=1S/C17H24N2O4/c1-22-15-5-3-4-14(10-15)11-16(20)18-12-13-6-8-19(9-7-13)17(21)23-2/h3-5,10,13H,6-9,11-12H2,1-2H3,(H,18,20). The van der Waals surface area contributed by atoms with Crippen molar-refractivity contribution in [3.63, 3.8) is 0 Å². The highest BCUT2D eigenvalue weighted by Crippen LogP contribution is 2.17. The van der Waals surface area contributed by atoms with E-state index in [1.807, 2.05) is 24.3 Å². The number of hydrogen-bond donors (Lipinski definition) is 1. The molecule has 1 heterocycles. The van der Waals surface area contributed by atoms with E-state index in [4.69, 9.17) is 9.47 Å². The van der Waals surface area contributed by atoms with E-state index in [-0.39, 0.29) is 12.0 Å². The third kappa shape index (κ3) is 5.16.